The minimum atomic E-state index is -1.36. The molecule has 10 heteroatoms. The van der Waals surface area contributed by atoms with Gasteiger partial charge in [0.15, 0.2) is 0 Å². The molecule has 214 valence electrons. The highest BCUT2D eigenvalue weighted by molar-refractivity contribution is 6.31. The number of hydrogen-bond acceptors (Lipinski definition) is 6. The van der Waals surface area contributed by atoms with Crippen molar-refractivity contribution < 1.29 is 33.4 Å². The zero-order valence-corrected chi connectivity index (χ0v) is 23.7. The second-order valence-corrected chi connectivity index (χ2v) is 11.9. The van der Waals surface area contributed by atoms with E-state index in [9.17, 15) is 28.7 Å². The fourth-order valence-corrected chi connectivity index (χ4v) is 7.80. The molecule has 2 aliphatic heterocycles. The number of ether oxygens (including phenoxy) is 1. The monoisotopic (exact) mass is 580 g/mol. The van der Waals surface area contributed by atoms with Gasteiger partial charge in [0.25, 0.3) is 0 Å². The lowest BCUT2D eigenvalue weighted by Gasteiger charge is -2.49. The number of anilines is 1. The highest BCUT2D eigenvalue weighted by Gasteiger charge is 2.67. The van der Waals surface area contributed by atoms with Crippen molar-refractivity contribution in [3.63, 3.8) is 0 Å². The van der Waals surface area contributed by atoms with E-state index in [0.29, 0.717) is 30.7 Å². The van der Waals surface area contributed by atoms with Crippen molar-refractivity contribution in [1.82, 2.24) is 4.90 Å². The minimum Gasteiger partial charge on any atom is -0.508 e. The summed E-state index contributed by atoms with van der Waals surface area (Å²) >= 11 is 6.03. The maximum atomic E-state index is 14.4. The summed E-state index contributed by atoms with van der Waals surface area (Å²) in [5.41, 5.74) is -0.0559. The summed E-state index contributed by atoms with van der Waals surface area (Å²) in [6, 6.07) is 8.41. The Labute approximate surface area is 241 Å². The molecule has 2 heterocycles. The van der Waals surface area contributed by atoms with Crippen LogP contribution in [-0.2, 0) is 19.2 Å². The molecule has 2 aromatic rings. The molecule has 2 saturated heterocycles. The number of carbonyl (C=O) groups is 4. The van der Waals surface area contributed by atoms with Crippen molar-refractivity contribution in [2.45, 2.75) is 39.0 Å². The van der Waals surface area contributed by atoms with Crippen LogP contribution in [0.5, 0.6) is 11.5 Å². The number of methoxy groups -OCH3 is 1. The first kappa shape index (κ1) is 27.4. The number of imide groups is 2. The highest BCUT2D eigenvalue weighted by atomic mass is 35.5. The molecule has 6 rings (SSSR count). The molecule has 0 aromatic heterocycles. The minimum absolute atomic E-state index is 0.0793. The third kappa shape index (κ3) is 3.77. The molecule has 0 spiro atoms. The lowest BCUT2D eigenvalue weighted by atomic mass is 9.51. The Balaban J connectivity index is 1.54. The van der Waals surface area contributed by atoms with Crippen LogP contribution in [0, 0.1) is 34.9 Å². The van der Waals surface area contributed by atoms with E-state index in [2.05, 4.69) is 0 Å². The molecule has 6 atom stereocenters. The first-order valence-electron chi connectivity index (χ1n) is 13.8. The van der Waals surface area contributed by atoms with Crippen LogP contribution in [0.15, 0.2) is 48.0 Å². The third-order valence-electron chi connectivity index (χ3n) is 9.52. The van der Waals surface area contributed by atoms with Gasteiger partial charge in [0.05, 0.1) is 41.0 Å². The number of fused-ring (bicyclic) bond motifs is 4. The van der Waals surface area contributed by atoms with E-state index in [0.717, 1.165) is 16.5 Å². The van der Waals surface area contributed by atoms with Crippen molar-refractivity contribution in [3.8, 4) is 11.5 Å². The van der Waals surface area contributed by atoms with E-state index in [1.807, 2.05) is 13.0 Å². The van der Waals surface area contributed by atoms with Gasteiger partial charge >= 0.3 is 0 Å². The number of allylic oxidation sites excluding steroid dienone is 2. The van der Waals surface area contributed by atoms with Gasteiger partial charge < -0.3 is 9.84 Å². The Morgan fingerprint density at radius 2 is 1.83 bits per heavy atom. The van der Waals surface area contributed by atoms with E-state index in [1.54, 1.807) is 19.1 Å². The standard InChI is InChI=1S/C31H30ClFN2O6/c1-4-11-34-27(37)18-8-7-17-19(25(18)29(34)39)14-21-28(38)35(15-5-9-23(33)22(32)12-15)30(40)31(21,2)26(17)20-13-16(41-3)6-10-24(20)36/h5-7,9-10,12-13,18-19,21,25-26,36H,4,8,11,14H2,1-3H3/t18-,19+,21-,25-,26+,31+/m0/s1. The number of phenols is 1. The number of amides is 4. The lowest BCUT2D eigenvalue weighted by molar-refractivity contribution is -0.140. The summed E-state index contributed by atoms with van der Waals surface area (Å²) in [6.07, 6.45) is 3.06. The van der Waals surface area contributed by atoms with Crippen LogP contribution in [-0.4, -0.2) is 47.3 Å². The molecule has 1 saturated carbocycles. The average molecular weight is 581 g/mol. The summed E-state index contributed by atoms with van der Waals surface area (Å²) in [4.78, 5) is 57.8. The Hall–Kier alpha value is -3.72. The summed E-state index contributed by atoms with van der Waals surface area (Å²) in [5.74, 6) is -5.12. The number of nitrogens with zero attached hydrogens (tertiary/aromatic N) is 2. The van der Waals surface area contributed by atoms with Crippen LogP contribution in [0.4, 0.5) is 10.1 Å². The van der Waals surface area contributed by atoms with Gasteiger partial charge in [-0.05, 0) is 68.5 Å². The van der Waals surface area contributed by atoms with Gasteiger partial charge in [-0.3, -0.25) is 24.1 Å². The second-order valence-electron chi connectivity index (χ2n) is 11.5. The quantitative estimate of drug-likeness (QED) is 0.401. The van der Waals surface area contributed by atoms with E-state index in [1.165, 1.54) is 30.2 Å². The molecule has 4 amide bonds. The molecule has 2 aliphatic carbocycles. The normalized spacial score (nSPS) is 30.8. The van der Waals surface area contributed by atoms with Crippen LogP contribution in [0.1, 0.15) is 44.6 Å². The van der Waals surface area contributed by atoms with E-state index >= 15 is 0 Å². The molecular weight excluding hydrogens is 551 g/mol. The topological polar surface area (TPSA) is 104 Å². The van der Waals surface area contributed by atoms with Gasteiger partial charge in [-0.2, -0.15) is 0 Å². The molecule has 0 unspecified atom stereocenters. The predicted molar refractivity (Wildman–Crippen MR) is 148 cm³/mol. The van der Waals surface area contributed by atoms with Crippen molar-refractivity contribution in [3.05, 3.63) is 64.5 Å². The Kier molecular flexibility index (Phi) is 6.48. The Morgan fingerprint density at radius 3 is 2.51 bits per heavy atom. The van der Waals surface area contributed by atoms with Crippen LogP contribution in [0.25, 0.3) is 0 Å². The third-order valence-corrected chi connectivity index (χ3v) is 9.81. The van der Waals surface area contributed by atoms with E-state index < -0.39 is 52.6 Å². The van der Waals surface area contributed by atoms with E-state index in [4.69, 9.17) is 16.3 Å². The van der Waals surface area contributed by atoms with Crippen LogP contribution in [0.3, 0.4) is 0 Å². The van der Waals surface area contributed by atoms with Gasteiger partial charge in [0.2, 0.25) is 23.6 Å². The molecule has 2 aromatic carbocycles. The molecule has 41 heavy (non-hydrogen) atoms. The number of halogens is 2. The molecule has 1 N–H and O–H groups in total. The van der Waals surface area contributed by atoms with Gasteiger partial charge in [-0.15, -0.1) is 0 Å². The zero-order valence-electron chi connectivity index (χ0n) is 22.9. The number of benzene rings is 2. The van der Waals surface area contributed by atoms with Crippen molar-refractivity contribution in [2.24, 2.45) is 29.1 Å². The highest BCUT2D eigenvalue weighted by Crippen LogP contribution is 2.64. The fraction of sp³-hybridized carbons (Fsp3) is 0.419. The SMILES string of the molecule is CCCN1C(=O)[C@H]2[C@H](CC=C3[C@H]2C[C@H]2C(=O)N(c4ccc(F)c(Cl)c4)C(=O)[C@@]2(C)[C@H]3c2cc(OC)ccc2O)C1=O. The number of aromatic hydroxyl groups is 1. The number of phenolic OH excluding ortho intramolecular Hbond substituents is 1. The smallest absolute Gasteiger partial charge is 0.241 e. The van der Waals surface area contributed by atoms with Crippen molar-refractivity contribution in [2.75, 3.05) is 18.6 Å². The van der Waals surface area contributed by atoms with Crippen molar-refractivity contribution in [1.29, 1.82) is 0 Å². The predicted octanol–water partition coefficient (Wildman–Crippen LogP) is 4.83. The summed E-state index contributed by atoms with van der Waals surface area (Å²) in [5, 5.41) is 10.9. The molecule has 0 bridgehead atoms. The lowest BCUT2D eigenvalue weighted by Crippen LogP contribution is -2.48. The van der Waals surface area contributed by atoms with Gasteiger partial charge in [-0.1, -0.05) is 30.2 Å². The summed E-state index contributed by atoms with van der Waals surface area (Å²) < 4.78 is 19.4. The first-order valence-corrected chi connectivity index (χ1v) is 14.2. The number of rotatable bonds is 5. The van der Waals surface area contributed by atoms with Gasteiger partial charge in [0, 0.05) is 18.0 Å². The summed E-state index contributed by atoms with van der Waals surface area (Å²) in [6.45, 7) is 3.93. The summed E-state index contributed by atoms with van der Waals surface area (Å²) in [7, 11) is 1.49. The van der Waals surface area contributed by atoms with Crippen LogP contribution >= 0.6 is 11.6 Å². The van der Waals surface area contributed by atoms with Crippen LogP contribution < -0.4 is 9.64 Å². The van der Waals surface area contributed by atoms with Crippen molar-refractivity contribution >= 4 is 40.9 Å². The van der Waals surface area contributed by atoms with Gasteiger partial charge in [-0.25, -0.2) is 9.29 Å². The number of likely N-dealkylation sites (tertiary alicyclic amines) is 1. The maximum absolute atomic E-state index is 14.4. The van der Waals surface area contributed by atoms with Crippen LogP contribution in [0.2, 0.25) is 5.02 Å². The molecule has 0 radical (unpaired) electrons. The molecular formula is C31H30ClFN2O6. The molecule has 8 nitrogen and oxygen atoms in total. The molecule has 4 aliphatic rings. The average Bonchev–Trinajstić information content (AvgIpc) is 3.31. The van der Waals surface area contributed by atoms with E-state index in [-0.39, 0.29) is 34.7 Å². The largest absolute Gasteiger partial charge is 0.508 e. The first-order chi connectivity index (χ1) is 19.5. The maximum Gasteiger partial charge on any atom is 0.241 e. The Bertz CT molecular complexity index is 1540. The number of carbonyl (C=O) groups excluding carboxylic acids is 4. The fourth-order valence-electron chi connectivity index (χ4n) is 7.63. The second kappa shape index (κ2) is 9.69. The Morgan fingerprint density at radius 1 is 1.07 bits per heavy atom. The molecule has 3 fully saturated rings. The number of hydrogen-bond donors (Lipinski definition) is 1. The van der Waals surface area contributed by atoms with Gasteiger partial charge in [0.1, 0.15) is 17.3 Å². The zero-order chi connectivity index (χ0) is 29.4.